The number of anilines is 2. The Labute approximate surface area is 87.3 Å². The standard InChI is InChI=1S/C12H11FN2/c13-11-6-3-9(7-12(11)15)8-1-4-10(14)5-2-8/h1-7H,14-15H2. The molecule has 0 heterocycles. The molecular weight excluding hydrogens is 191 g/mol. The minimum atomic E-state index is -0.394. The second-order valence-electron chi connectivity index (χ2n) is 3.36. The second-order valence-corrected chi connectivity index (χ2v) is 3.36. The lowest BCUT2D eigenvalue weighted by Gasteiger charge is -2.04. The number of rotatable bonds is 1. The number of nitrogen functional groups attached to an aromatic ring is 2. The van der Waals surface area contributed by atoms with Crippen LogP contribution in [0.4, 0.5) is 15.8 Å². The van der Waals surface area contributed by atoms with Gasteiger partial charge in [0.25, 0.3) is 0 Å². The molecule has 76 valence electrons. The second kappa shape index (κ2) is 3.61. The van der Waals surface area contributed by atoms with Crippen molar-refractivity contribution in [1.29, 1.82) is 0 Å². The first-order valence-corrected chi connectivity index (χ1v) is 4.58. The summed E-state index contributed by atoms with van der Waals surface area (Å²) in [4.78, 5) is 0. The van der Waals surface area contributed by atoms with Gasteiger partial charge in [0, 0.05) is 5.69 Å². The smallest absolute Gasteiger partial charge is 0.146 e. The van der Waals surface area contributed by atoms with Crippen LogP contribution in [0.2, 0.25) is 0 Å². The molecule has 2 aromatic carbocycles. The highest BCUT2D eigenvalue weighted by Gasteiger charge is 2.01. The summed E-state index contributed by atoms with van der Waals surface area (Å²) in [7, 11) is 0. The van der Waals surface area contributed by atoms with Gasteiger partial charge in [0.15, 0.2) is 0 Å². The molecule has 0 aliphatic heterocycles. The van der Waals surface area contributed by atoms with Gasteiger partial charge in [-0.15, -0.1) is 0 Å². The zero-order valence-corrected chi connectivity index (χ0v) is 8.07. The van der Waals surface area contributed by atoms with Crippen molar-refractivity contribution in [2.24, 2.45) is 0 Å². The number of nitrogens with two attached hydrogens (primary N) is 2. The van der Waals surface area contributed by atoms with Crippen molar-refractivity contribution in [3.63, 3.8) is 0 Å². The highest BCUT2D eigenvalue weighted by molar-refractivity contribution is 5.68. The largest absolute Gasteiger partial charge is 0.399 e. The van der Waals surface area contributed by atoms with Crippen LogP contribution in [0, 0.1) is 5.82 Å². The van der Waals surface area contributed by atoms with E-state index >= 15 is 0 Å². The fourth-order valence-corrected chi connectivity index (χ4v) is 1.40. The maximum Gasteiger partial charge on any atom is 0.146 e. The van der Waals surface area contributed by atoms with Gasteiger partial charge in [-0.05, 0) is 35.4 Å². The van der Waals surface area contributed by atoms with Crippen molar-refractivity contribution >= 4 is 11.4 Å². The van der Waals surface area contributed by atoms with E-state index in [4.69, 9.17) is 11.5 Å². The molecular formula is C12H11FN2. The lowest BCUT2D eigenvalue weighted by atomic mass is 10.0. The third-order valence-electron chi connectivity index (χ3n) is 2.24. The monoisotopic (exact) mass is 202 g/mol. The topological polar surface area (TPSA) is 52.0 Å². The molecule has 0 spiro atoms. The van der Waals surface area contributed by atoms with Crippen molar-refractivity contribution in [2.45, 2.75) is 0 Å². The molecule has 0 unspecified atom stereocenters. The van der Waals surface area contributed by atoms with Crippen LogP contribution in [0.25, 0.3) is 11.1 Å². The van der Waals surface area contributed by atoms with Gasteiger partial charge in [-0.2, -0.15) is 0 Å². The van der Waals surface area contributed by atoms with Gasteiger partial charge in [0.05, 0.1) is 5.69 Å². The quantitative estimate of drug-likeness (QED) is 0.698. The Morgan fingerprint density at radius 2 is 1.40 bits per heavy atom. The maximum atomic E-state index is 12.9. The first-order chi connectivity index (χ1) is 7.16. The molecule has 0 radical (unpaired) electrons. The average Bonchev–Trinajstić information content (AvgIpc) is 2.23. The zero-order valence-electron chi connectivity index (χ0n) is 8.07. The molecule has 2 nitrogen and oxygen atoms in total. The summed E-state index contributed by atoms with van der Waals surface area (Å²) in [6, 6.07) is 12.0. The van der Waals surface area contributed by atoms with Crippen molar-refractivity contribution in [3.8, 4) is 11.1 Å². The third-order valence-corrected chi connectivity index (χ3v) is 2.24. The Morgan fingerprint density at radius 1 is 0.800 bits per heavy atom. The fourth-order valence-electron chi connectivity index (χ4n) is 1.40. The van der Waals surface area contributed by atoms with E-state index < -0.39 is 5.82 Å². The van der Waals surface area contributed by atoms with Crippen LogP contribution in [0.15, 0.2) is 42.5 Å². The lowest BCUT2D eigenvalue weighted by molar-refractivity contribution is 0.632. The van der Waals surface area contributed by atoms with E-state index in [1.54, 1.807) is 24.3 Å². The van der Waals surface area contributed by atoms with Gasteiger partial charge in [0.2, 0.25) is 0 Å². The van der Waals surface area contributed by atoms with Crippen molar-refractivity contribution in [3.05, 3.63) is 48.3 Å². The van der Waals surface area contributed by atoms with Gasteiger partial charge in [-0.25, -0.2) is 4.39 Å². The predicted molar refractivity (Wildman–Crippen MR) is 60.7 cm³/mol. The minimum absolute atomic E-state index is 0.157. The summed E-state index contributed by atoms with van der Waals surface area (Å²) in [5.74, 6) is -0.394. The van der Waals surface area contributed by atoms with Crippen LogP contribution in [0.1, 0.15) is 0 Å². The van der Waals surface area contributed by atoms with Gasteiger partial charge in [-0.1, -0.05) is 18.2 Å². The molecule has 0 saturated carbocycles. The normalized spacial score (nSPS) is 10.2. The van der Waals surface area contributed by atoms with Crippen LogP contribution in [-0.2, 0) is 0 Å². The Kier molecular flexibility index (Phi) is 2.29. The highest BCUT2D eigenvalue weighted by atomic mass is 19.1. The Balaban J connectivity index is 2.45. The summed E-state index contributed by atoms with van der Waals surface area (Å²) < 4.78 is 12.9. The molecule has 0 fully saturated rings. The number of hydrogen-bond donors (Lipinski definition) is 2. The molecule has 2 rings (SSSR count). The summed E-state index contributed by atoms with van der Waals surface area (Å²) in [6.07, 6.45) is 0. The van der Waals surface area contributed by atoms with Gasteiger partial charge < -0.3 is 11.5 Å². The average molecular weight is 202 g/mol. The molecule has 0 amide bonds. The number of hydrogen-bond acceptors (Lipinski definition) is 2. The van der Waals surface area contributed by atoms with E-state index in [0.29, 0.717) is 5.69 Å². The zero-order chi connectivity index (χ0) is 10.8. The Bertz CT molecular complexity index is 477. The molecule has 0 saturated heterocycles. The van der Waals surface area contributed by atoms with Crippen LogP contribution >= 0.6 is 0 Å². The number of benzene rings is 2. The molecule has 0 aliphatic carbocycles. The molecule has 0 aromatic heterocycles. The third kappa shape index (κ3) is 1.91. The Morgan fingerprint density at radius 3 is 2.00 bits per heavy atom. The van der Waals surface area contributed by atoms with E-state index in [0.717, 1.165) is 11.1 Å². The van der Waals surface area contributed by atoms with Crippen LogP contribution in [0.3, 0.4) is 0 Å². The highest BCUT2D eigenvalue weighted by Crippen LogP contribution is 2.23. The van der Waals surface area contributed by atoms with Crippen LogP contribution in [-0.4, -0.2) is 0 Å². The summed E-state index contributed by atoms with van der Waals surface area (Å²) in [5.41, 5.74) is 13.8. The molecule has 0 aliphatic rings. The van der Waals surface area contributed by atoms with Gasteiger partial charge in [0.1, 0.15) is 5.82 Å². The number of halogens is 1. The van der Waals surface area contributed by atoms with Crippen LogP contribution < -0.4 is 11.5 Å². The van der Waals surface area contributed by atoms with E-state index in [1.165, 1.54) is 6.07 Å². The molecule has 2 aromatic rings. The maximum absolute atomic E-state index is 12.9. The summed E-state index contributed by atoms with van der Waals surface area (Å²) >= 11 is 0. The first-order valence-electron chi connectivity index (χ1n) is 4.58. The van der Waals surface area contributed by atoms with Gasteiger partial charge in [-0.3, -0.25) is 0 Å². The van der Waals surface area contributed by atoms with Crippen molar-refractivity contribution in [2.75, 3.05) is 11.5 Å². The van der Waals surface area contributed by atoms with Crippen molar-refractivity contribution in [1.82, 2.24) is 0 Å². The minimum Gasteiger partial charge on any atom is -0.399 e. The Hall–Kier alpha value is -2.03. The van der Waals surface area contributed by atoms with E-state index in [-0.39, 0.29) is 5.69 Å². The molecule has 15 heavy (non-hydrogen) atoms. The lowest BCUT2D eigenvalue weighted by Crippen LogP contribution is -1.91. The first kappa shape index (κ1) is 9.52. The molecule has 3 heteroatoms. The van der Waals surface area contributed by atoms with Gasteiger partial charge >= 0.3 is 0 Å². The molecule has 0 bridgehead atoms. The molecule has 4 N–H and O–H groups in total. The SMILES string of the molecule is Nc1ccc(-c2ccc(F)c(N)c2)cc1. The fraction of sp³-hybridized carbons (Fsp3) is 0. The van der Waals surface area contributed by atoms with Crippen molar-refractivity contribution < 1.29 is 4.39 Å². The van der Waals surface area contributed by atoms with Crippen LogP contribution in [0.5, 0.6) is 0 Å². The predicted octanol–water partition coefficient (Wildman–Crippen LogP) is 2.66. The van der Waals surface area contributed by atoms with E-state index in [9.17, 15) is 4.39 Å². The van der Waals surface area contributed by atoms with E-state index in [1.807, 2.05) is 12.1 Å². The van der Waals surface area contributed by atoms with E-state index in [2.05, 4.69) is 0 Å². The summed E-state index contributed by atoms with van der Waals surface area (Å²) in [6.45, 7) is 0. The molecule has 0 atom stereocenters. The summed E-state index contributed by atoms with van der Waals surface area (Å²) in [5, 5.41) is 0.